The number of thioether (sulfide) groups is 1. The molecule has 1 N–H and O–H groups in total. The van der Waals surface area contributed by atoms with E-state index in [0.29, 0.717) is 6.42 Å². The van der Waals surface area contributed by atoms with E-state index >= 15 is 0 Å². The minimum Gasteiger partial charge on any atom is -0.346 e. The van der Waals surface area contributed by atoms with Crippen molar-refractivity contribution in [1.29, 1.82) is 0 Å². The molecule has 0 aliphatic heterocycles. The van der Waals surface area contributed by atoms with Gasteiger partial charge in [0.05, 0.1) is 12.5 Å². The van der Waals surface area contributed by atoms with Gasteiger partial charge >= 0.3 is 0 Å². The third-order valence-electron chi connectivity index (χ3n) is 5.08. The van der Waals surface area contributed by atoms with Crippen LogP contribution in [0.3, 0.4) is 0 Å². The predicted molar refractivity (Wildman–Crippen MR) is 131 cm³/mol. The minimum absolute atomic E-state index is 0.0210. The molecule has 2 aromatic carbocycles. The molecule has 0 aliphatic rings. The van der Waals surface area contributed by atoms with E-state index in [4.69, 9.17) is 0 Å². The van der Waals surface area contributed by atoms with Gasteiger partial charge < -0.3 is 5.32 Å². The summed E-state index contributed by atoms with van der Waals surface area (Å²) < 4.78 is 2.05. The molecule has 5 nitrogen and oxygen atoms in total. The Hall–Kier alpha value is -2.90. The van der Waals surface area contributed by atoms with Gasteiger partial charge in [-0.2, -0.15) is 0 Å². The van der Waals surface area contributed by atoms with E-state index in [-0.39, 0.29) is 11.9 Å². The van der Waals surface area contributed by atoms with Gasteiger partial charge in [-0.3, -0.25) is 9.36 Å². The van der Waals surface area contributed by atoms with E-state index in [9.17, 15) is 4.79 Å². The normalized spacial score (nSPS) is 12.0. The highest BCUT2D eigenvalue weighted by molar-refractivity contribution is 7.98. The monoisotopic (exact) mass is 462 g/mol. The van der Waals surface area contributed by atoms with Gasteiger partial charge in [0.15, 0.2) is 11.0 Å². The van der Waals surface area contributed by atoms with Gasteiger partial charge in [0.1, 0.15) is 0 Å². The Labute approximate surface area is 196 Å². The Kier molecular flexibility index (Phi) is 7.07. The average Bonchev–Trinajstić information content (AvgIpc) is 3.42. The Morgan fingerprint density at radius 3 is 2.59 bits per heavy atom. The summed E-state index contributed by atoms with van der Waals surface area (Å²) in [6.45, 7) is 6.12. The smallest absolute Gasteiger partial charge is 0.225 e. The van der Waals surface area contributed by atoms with E-state index in [1.54, 1.807) is 23.1 Å². The lowest BCUT2D eigenvalue weighted by atomic mass is 10.2. The number of benzene rings is 2. The Morgan fingerprint density at radius 1 is 1.06 bits per heavy atom. The molecule has 0 aliphatic carbocycles. The van der Waals surface area contributed by atoms with E-state index in [0.717, 1.165) is 27.3 Å². The third-order valence-corrected chi connectivity index (χ3v) is 6.96. The molecule has 4 aromatic rings. The number of amides is 1. The van der Waals surface area contributed by atoms with Crippen molar-refractivity contribution in [2.24, 2.45) is 0 Å². The fraction of sp³-hybridized carbons (Fsp3) is 0.240. The molecule has 0 radical (unpaired) electrons. The van der Waals surface area contributed by atoms with Crippen LogP contribution in [0, 0.1) is 13.8 Å². The first-order valence-corrected chi connectivity index (χ1v) is 12.4. The van der Waals surface area contributed by atoms with Gasteiger partial charge in [-0.05, 0) is 49.9 Å². The van der Waals surface area contributed by atoms with Crippen molar-refractivity contribution >= 4 is 29.0 Å². The van der Waals surface area contributed by atoms with Crippen LogP contribution < -0.4 is 5.32 Å². The molecule has 164 valence electrons. The van der Waals surface area contributed by atoms with Gasteiger partial charge in [-0.25, -0.2) is 0 Å². The first-order chi connectivity index (χ1) is 15.5. The molecule has 0 saturated carbocycles. The van der Waals surface area contributed by atoms with E-state index in [1.165, 1.54) is 16.7 Å². The van der Waals surface area contributed by atoms with Crippen molar-refractivity contribution in [3.05, 3.63) is 93.4 Å². The first-order valence-electron chi connectivity index (χ1n) is 10.5. The van der Waals surface area contributed by atoms with Crippen molar-refractivity contribution in [2.75, 3.05) is 0 Å². The molecule has 0 spiro atoms. The lowest BCUT2D eigenvalue weighted by Gasteiger charge is -2.16. The second-order valence-electron chi connectivity index (χ2n) is 7.83. The fourth-order valence-corrected chi connectivity index (χ4v) is 5.08. The number of nitrogens with zero attached hydrogens (tertiary/aromatic N) is 3. The SMILES string of the molecule is Cc1ccc(-n2c(SCc3cccc(C)c3)nnc2C(C)NC(=O)Cc2cccs2)cc1. The maximum absolute atomic E-state index is 12.6. The van der Waals surface area contributed by atoms with Crippen LogP contribution in [0.5, 0.6) is 0 Å². The summed E-state index contributed by atoms with van der Waals surface area (Å²) in [6, 6.07) is 20.4. The number of carbonyl (C=O) groups is 1. The summed E-state index contributed by atoms with van der Waals surface area (Å²) >= 11 is 3.23. The minimum atomic E-state index is -0.274. The Bertz CT molecular complexity index is 1180. The molecule has 0 fully saturated rings. The van der Waals surface area contributed by atoms with Crippen LogP contribution in [0.2, 0.25) is 0 Å². The average molecular weight is 463 g/mol. The highest BCUT2D eigenvalue weighted by Gasteiger charge is 2.21. The summed E-state index contributed by atoms with van der Waals surface area (Å²) in [5, 5.41) is 14.8. The molecule has 2 aromatic heterocycles. The highest BCUT2D eigenvalue weighted by atomic mass is 32.2. The van der Waals surface area contributed by atoms with E-state index < -0.39 is 0 Å². The molecule has 2 heterocycles. The number of nitrogens with one attached hydrogen (secondary N) is 1. The van der Waals surface area contributed by atoms with Gasteiger partial charge in [0, 0.05) is 16.3 Å². The summed E-state index contributed by atoms with van der Waals surface area (Å²) in [6.07, 6.45) is 0.371. The molecular formula is C25H26N4OS2. The van der Waals surface area contributed by atoms with Crippen molar-refractivity contribution in [1.82, 2.24) is 20.1 Å². The van der Waals surface area contributed by atoms with Gasteiger partial charge in [-0.1, -0.05) is 65.4 Å². The van der Waals surface area contributed by atoms with Gasteiger partial charge in [0.2, 0.25) is 5.91 Å². The largest absolute Gasteiger partial charge is 0.346 e. The number of rotatable bonds is 8. The fourth-order valence-electron chi connectivity index (χ4n) is 3.47. The van der Waals surface area contributed by atoms with Crippen LogP contribution in [0.25, 0.3) is 5.69 Å². The number of thiophene rings is 1. The van der Waals surface area contributed by atoms with Crippen LogP contribution in [0.1, 0.15) is 40.4 Å². The van der Waals surface area contributed by atoms with Crippen LogP contribution in [-0.2, 0) is 17.0 Å². The highest BCUT2D eigenvalue weighted by Crippen LogP contribution is 2.28. The summed E-state index contributed by atoms with van der Waals surface area (Å²) in [4.78, 5) is 13.6. The summed E-state index contributed by atoms with van der Waals surface area (Å²) in [5.41, 5.74) is 4.66. The summed E-state index contributed by atoms with van der Waals surface area (Å²) in [7, 11) is 0. The molecule has 4 rings (SSSR count). The second kappa shape index (κ2) is 10.1. The number of aryl methyl sites for hydroxylation is 2. The first kappa shape index (κ1) is 22.3. The topological polar surface area (TPSA) is 59.8 Å². The van der Waals surface area contributed by atoms with Crippen LogP contribution >= 0.6 is 23.1 Å². The lowest BCUT2D eigenvalue weighted by Crippen LogP contribution is -2.29. The lowest BCUT2D eigenvalue weighted by molar-refractivity contribution is -0.121. The Balaban J connectivity index is 1.58. The zero-order chi connectivity index (χ0) is 22.5. The molecule has 0 saturated heterocycles. The zero-order valence-corrected chi connectivity index (χ0v) is 20.0. The second-order valence-corrected chi connectivity index (χ2v) is 9.81. The third kappa shape index (κ3) is 5.47. The number of carbonyl (C=O) groups excluding carboxylic acids is 1. The van der Waals surface area contributed by atoms with Crippen LogP contribution in [0.15, 0.2) is 71.2 Å². The van der Waals surface area contributed by atoms with Gasteiger partial charge in [0.25, 0.3) is 0 Å². The molecule has 7 heteroatoms. The maximum atomic E-state index is 12.6. The molecule has 32 heavy (non-hydrogen) atoms. The predicted octanol–water partition coefficient (Wildman–Crippen LogP) is 5.66. The quantitative estimate of drug-likeness (QED) is 0.343. The standard InChI is InChI=1S/C25H26N4OS2/c1-17-9-11-21(12-10-17)29-24(19(3)26-23(30)15-22-8-5-13-31-22)27-28-25(29)32-16-20-7-4-6-18(2)14-20/h4-14,19H,15-16H2,1-3H3,(H,26,30). The van der Waals surface area contributed by atoms with Gasteiger partial charge in [-0.15, -0.1) is 21.5 Å². The van der Waals surface area contributed by atoms with Crippen LogP contribution in [0.4, 0.5) is 0 Å². The number of hydrogen-bond acceptors (Lipinski definition) is 5. The molecule has 1 atom stereocenters. The molecule has 1 amide bonds. The summed E-state index contributed by atoms with van der Waals surface area (Å²) in [5.74, 6) is 1.50. The van der Waals surface area contributed by atoms with E-state index in [2.05, 4.69) is 82.5 Å². The van der Waals surface area contributed by atoms with Crippen molar-refractivity contribution in [3.63, 3.8) is 0 Å². The maximum Gasteiger partial charge on any atom is 0.225 e. The van der Waals surface area contributed by atoms with Crippen molar-refractivity contribution in [2.45, 2.75) is 44.1 Å². The van der Waals surface area contributed by atoms with Crippen LogP contribution in [-0.4, -0.2) is 20.7 Å². The molecular weight excluding hydrogens is 436 g/mol. The zero-order valence-electron chi connectivity index (χ0n) is 18.4. The number of hydrogen-bond donors (Lipinski definition) is 1. The van der Waals surface area contributed by atoms with Crippen molar-refractivity contribution < 1.29 is 4.79 Å². The molecule has 0 bridgehead atoms. The van der Waals surface area contributed by atoms with Crippen molar-refractivity contribution in [3.8, 4) is 5.69 Å². The number of aromatic nitrogens is 3. The van der Waals surface area contributed by atoms with E-state index in [1.807, 2.05) is 24.4 Å². The Morgan fingerprint density at radius 2 is 1.88 bits per heavy atom. The molecule has 1 unspecified atom stereocenters.